The van der Waals surface area contributed by atoms with Crippen LogP contribution < -0.4 is 0 Å². The Kier molecular flexibility index (Phi) is 2.51. The van der Waals surface area contributed by atoms with Crippen LogP contribution in [0.25, 0.3) is 0 Å². The number of alkyl halides is 1. The van der Waals surface area contributed by atoms with Crippen molar-refractivity contribution in [2.24, 2.45) is 4.99 Å². The lowest BCUT2D eigenvalue weighted by atomic mass is 9.98. The predicted octanol–water partition coefficient (Wildman–Crippen LogP) is 0.298. The van der Waals surface area contributed by atoms with E-state index in [9.17, 15) is 9.59 Å². The van der Waals surface area contributed by atoms with Crippen molar-refractivity contribution >= 4 is 34.1 Å². The molecule has 70 valence electrons. The van der Waals surface area contributed by atoms with Gasteiger partial charge in [-0.1, -0.05) is 22.0 Å². The van der Waals surface area contributed by atoms with E-state index in [2.05, 4.69) is 20.9 Å². The van der Waals surface area contributed by atoms with Gasteiger partial charge in [0.25, 0.3) is 0 Å². The summed E-state index contributed by atoms with van der Waals surface area (Å²) in [5, 5.41) is 17.5. The number of carboxylic acids is 2. The average Bonchev–Trinajstić information content (AvgIpc) is 2.04. The van der Waals surface area contributed by atoms with Crippen molar-refractivity contribution in [2.75, 3.05) is 0 Å². The van der Waals surface area contributed by atoms with Gasteiger partial charge in [-0.15, -0.1) is 0 Å². The Morgan fingerprint density at radius 3 is 2.46 bits per heavy atom. The van der Waals surface area contributed by atoms with E-state index in [1.54, 1.807) is 0 Å². The Balaban J connectivity index is 3.07. The van der Waals surface area contributed by atoms with Crippen LogP contribution in [0, 0.1) is 0 Å². The van der Waals surface area contributed by atoms with Crippen LogP contribution in [-0.4, -0.2) is 38.7 Å². The van der Waals surface area contributed by atoms with Crippen LogP contribution in [0.4, 0.5) is 0 Å². The Hall–Kier alpha value is -1.17. The molecule has 0 radical (unpaired) electrons. The number of carboxylic acid groups (broad SMARTS) is 2. The van der Waals surface area contributed by atoms with E-state index in [0.717, 1.165) is 0 Å². The normalized spacial score (nSPS) is 31.6. The molecule has 5 nitrogen and oxygen atoms in total. The van der Waals surface area contributed by atoms with Gasteiger partial charge in [0.15, 0.2) is 10.4 Å². The van der Waals surface area contributed by atoms with Gasteiger partial charge < -0.3 is 10.2 Å². The van der Waals surface area contributed by atoms with Gasteiger partial charge in [0.05, 0.1) is 0 Å². The van der Waals surface area contributed by atoms with Crippen molar-refractivity contribution in [3.63, 3.8) is 0 Å². The summed E-state index contributed by atoms with van der Waals surface area (Å²) in [6, 6.07) is -1.32. The summed E-state index contributed by atoms with van der Waals surface area (Å²) in [4.78, 5) is 25.0. The lowest BCUT2D eigenvalue weighted by Crippen LogP contribution is -2.47. The molecule has 0 aromatic carbocycles. The Morgan fingerprint density at radius 2 is 2.08 bits per heavy atom. The van der Waals surface area contributed by atoms with Crippen molar-refractivity contribution < 1.29 is 19.8 Å². The highest BCUT2D eigenvalue weighted by Gasteiger charge is 2.46. The highest BCUT2D eigenvalue weighted by Crippen LogP contribution is 2.29. The molecule has 0 aromatic heterocycles. The molecule has 0 saturated carbocycles. The number of nitrogens with zero attached hydrogens (tertiary/aromatic N) is 1. The van der Waals surface area contributed by atoms with Crippen LogP contribution in [0.15, 0.2) is 17.1 Å². The lowest BCUT2D eigenvalue weighted by Gasteiger charge is -2.24. The second-order valence-electron chi connectivity index (χ2n) is 2.47. The number of hydrogen-bond acceptors (Lipinski definition) is 3. The predicted molar refractivity (Wildman–Crippen MR) is 48.3 cm³/mol. The monoisotopic (exact) mass is 247 g/mol. The number of aliphatic imine (C=N–C) groups is 1. The summed E-state index contributed by atoms with van der Waals surface area (Å²) in [6.07, 6.45) is 3.91. The van der Waals surface area contributed by atoms with Gasteiger partial charge in [-0.2, -0.15) is 0 Å². The van der Waals surface area contributed by atoms with Crippen LogP contribution in [0.5, 0.6) is 0 Å². The van der Waals surface area contributed by atoms with Crippen LogP contribution in [0.1, 0.15) is 0 Å². The molecule has 13 heavy (non-hydrogen) atoms. The first kappa shape index (κ1) is 9.91. The minimum Gasteiger partial charge on any atom is -0.480 e. The largest absolute Gasteiger partial charge is 0.480 e. The standard InChI is InChI=1S/C7H6BrNO4/c8-7(6(12)13)2-1-3-9-4(7)5(10)11/h1-4H,(H,10,11)(H,12,13). The van der Waals surface area contributed by atoms with Gasteiger partial charge >= 0.3 is 11.9 Å². The number of rotatable bonds is 2. The van der Waals surface area contributed by atoms with Crippen LogP contribution in [0.3, 0.4) is 0 Å². The molecule has 2 atom stereocenters. The second-order valence-corrected chi connectivity index (χ2v) is 3.78. The fourth-order valence-corrected chi connectivity index (χ4v) is 1.42. The Labute approximate surface area is 81.9 Å². The van der Waals surface area contributed by atoms with Gasteiger partial charge in [0.2, 0.25) is 0 Å². The highest BCUT2D eigenvalue weighted by molar-refractivity contribution is 9.10. The molecular formula is C7H6BrNO4. The van der Waals surface area contributed by atoms with Gasteiger partial charge in [-0.05, 0) is 6.08 Å². The third-order valence-electron chi connectivity index (χ3n) is 1.62. The topological polar surface area (TPSA) is 87.0 Å². The zero-order chi connectivity index (χ0) is 10.1. The first-order valence-electron chi connectivity index (χ1n) is 3.34. The maximum absolute atomic E-state index is 10.8. The van der Waals surface area contributed by atoms with Crippen molar-refractivity contribution in [1.82, 2.24) is 0 Å². The summed E-state index contributed by atoms with van der Waals surface area (Å²) in [5.74, 6) is -2.55. The highest BCUT2D eigenvalue weighted by atomic mass is 79.9. The summed E-state index contributed by atoms with van der Waals surface area (Å²) >= 11 is 2.85. The number of carbonyl (C=O) groups is 2. The Bertz CT molecular complexity index is 312. The number of hydrogen-bond donors (Lipinski definition) is 2. The van der Waals surface area contributed by atoms with Gasteiger partial charge in [0, 0.05) is 6.21 Å². The molecule has 2 N–H and O–H groups in total. The molecule has 1 aliphatic heterocycles. The Morgan fingerprint density at radius 1 is 1.46 bits per heavy atom. The van der Waals surface area contributed by atoms with E-state index < -0.39 is 22.3 Å². The third kappa shape index (κ3) is 1.62. The fourth-order valence-electron chi connectivity index (χ4n) is 0.950. The van der Waals surface area contributed by atoms with E-state index in [1.807, 2.05) is 0 Å². The average molecular weight is 248 g/mol. The zero-order valence-corrected chi connectivity index (χ0v) is 7.93. The van der Waals surface area contributed by atoms with Gasteiger partial charge in [0.1, 0.15) is 0 Å². The first-order valence-corrected chi connectivity index (χ1v) is 4.14. The first-order chi connectivity index (χ1) is 5.98. The van der Waals surface area contributed by atoms with E-state index in [-0.39, 0.29) is 0 Å². The molecule has 0 fully saturated rings. The number of dihydropyridines is 1. The molecule has 0 aliphatic carbocycles. The summed E-state index contributed by atoms with van der Waals surface area (Å²) < 4.78 is -1.63. The quantitative estimate of drug-likeness (QED) is 0.688. The molecule has 0 bridgehead atoms. The second kappa shape index (κ2) is 3.29. The van der Waals surface area contributed by atoms with Crippen molar-refractivity contribution in [1.29, 1.82) is 0 Å². The molecule has 1 heterocycles. The lowest BCUT2D eigenvalue weighted by molar-refractivity contribution is -0.146. The van der Waals surface area contributed by atoms with Gasteiger partial charge in [-0.25, -0.2) is 4.79 Å². The zero-order valence-electron chi connectivity index (χ0n) is 6.35. The number of aliphatic carboxylic acids is 2. The summed E-state index contributed by atoms with van der Waals surface area (Å²) in [6.45, 7) is 0. The van der Waals surface area contributed by atoms with E-state index in [0.29, 0.717) is 0 Å². The molecule has 0 amide bonds. The number of allylic oxidation sites excluding steroid dienone is 1. The SMILES string of the molecule is O=C(O)C1N=CC=CC1(Br)C(=O)O. The molecular weight excluding hydrogens is 242 g/mol. The fraction of sp³-hybridized carbons (Fsp3) is 0.286. The van der Waals surface area contributed by atoms with E-state index in [4.69, 9.17) is 10.2 Å². The number of halogens is 1. The molecule has 0 saturated heterocycles. The van der Waals surface area contributed by atoms with Crippen molar-refractivity contribution in [2.45, 2.75) is 10.4 Å². The van der Waals surface area contributed by atoms with E-state index in [1.165, 1.54) is 18.4 Å². The molecule has 0 aromatic rings. The summed E-state index contributed by atoms with van der Waals surface area (Å²) in [5.41, 5.74) is 0. The van der Waals surface area contributed by atoms with Crippen LogP contribution in [-0.2, 0) is 9.59 Å². The smallest absolute Gasteiger partial charge is 0.330 e. The van der Waals surface area contributed by atoms with Crippen molar-refractivity contribution in [3.8, 4) is 0 Å². The minimum absolute atomic E-state index is 1.25. The van der Waals surface area contributed by atoms with Crippen LogP contribution in [0.2, 0.25) is 0 Å². The maximum Gasteiger partial charge on any atom is 0.330 e. The van der Waals surface area contributed by atoms with Gasteiger partial charge in [-0.3, -0.25) is 9.79 Å². The maximum atomic E-state index is 10.8. The van der Waals surface area contributed by atoms with E-state index >= 15 is 0 Å². The minimum atomic E-state index is -1.63. The molecule has 6 heteroatoms. The molecule has 2 unspecified atom stereocenters. The van der Waals surface area contributed by atoms with Crippen molar-refractivity contribution in [3.05, 3.63) is 12.2 Å². The van der Waals surface area contributed by atoms with Crippen LogP contribution >= 0.6 is 15.9 Å². The summed E-state index contributed by atoms with van der Waals surface area (Å²) in [7, 11) is 0. The molecule has 0 spiro atoms. The molecule has 1 aliphatic rings. The molecule has 1 rings (SSSR count). The third-order valence-corrected chi connectivity index (χ3v) is 2.66.